The van der Waals surface area contributed by atoms with Crippen LogP contribution in [0.1, 0.15) is 21.5 Å². The molecule has 2 N–H and O–H groups in total. The van der Waals surface area contributed by atoms with Gasteiger partial charge in [-0.1, -0.05) is 47.5 Å². The van der Waals surface area contributed by atoms with Crippen molar-refractivity contribution < 1.29 is 13.2 Å². The summed E-state index contributed by atoms with van der Waals surface area (Å²) in [5, 5.41) is 3.79. The summed E-state index contributed by atoms with van der Waals surface area (Å²) in [6.07, 6.45) is 0. The third-order valence-corrected chi connectivity index (χ3v) is 6.27. The van der Waals surface area contributed by atoms with Gasteiger partial charge in [-0.3, -0.25) is 9.52 Å². The van der Waals surface area contributed by atoms with Crippen molar-refractivity contribution in [1.82, 2.24) is 5.32 Å². The van der Waals surface area contributed by atoms with Crippen LogP contribution < -0.4 is 10.0 Å². The Morgan fingerprint density at radius 1 is 0.966 bits per heavy atom. The highest BCUT2D eigenvalue weighted by Gasteiger charge is 2.17. The molecular formula is C21H18Cl2N2O3S. The largest absolute Gasteiger partial charge is 0.348 e. The van der Waals surface area contributed by atoms with Crippen molar-refractivity contribution in [3.8, 4) is 0 Å². The summed E-state index contributed by atoms with van der Waals surface area (Å²) < 4.78 is 27.8. The fourth-order valence-corrected chi connectivity index (χ4v) is 4.06. The van der Waals surface area contributed by atoms with Crippen molar-refractivity contribution in [1.29, 1.82) is 0 Å². The topological polar surface area (TPSA) is 75.3 Å². The Hall–Kier alpha value is -2.54. The van der Waals surface area contributed by atoms with Crippen LogP contribution in [-0.2, 0) is 16.6 Å². The Balaban J connectivity index is 1.78. The van der Waals surface area contributed by atoms with Crippen LogP contribution in [0.25, 0.3) is 0 Å². The van der Waals surface area contributed by atoms with Gasteiger partial charge in [0.1, 0.15) is 0 Å². The molecule has 0 fully saturated rings. The second kappa shape index (κ2) is 8.86. The number of sulfonamides is 1. The van der Waals surface area contributed by atoms with Crippen LogP contribution in [-0.4, -0.2) is 14.3 Å². The van der Waals surface area contributed by atoms with Crippen LogP contribution >= 0.6 is 23.2 Å². The van der Waals surface area contributed by atoms with Crippen molar-refractivity contribution in [2.75, 3.05) is 4.72 Å². The van der Waals surface area contributed by atoms with E-state index in [4.69, 9.17) is 23.2 Å². The molecule has 0 radical (unpaired) electrons. The Labute approximate surface area is 179 Å². The van der Waals surface area contributed by atoms with E-state index in [0.717, 1.165) is 5.56 Å². The standard InChI is InChI=1S/C21H18Cl2N2O3S/c1-14-6-7-15(21(26)24-13-16-4-2-3-5-19(16)23)12-20(14)25-29(27,28)18-10-8-17(22)9-11-18/h2-12,25H,13H2,1H3,(H,24,26). The Kier molecular flexibility index (Phi) is 6.47. The van der Waals surface area contributed by atoms with Gasteiger partial charge in [-0.2, -0.15) is 0 Å². The summed E-state index contributed by atoms with van der Waals surface area (Å²) in [5.41, 5.74) is 2.13. The van der Waals surface area contributed by atoms with Gasteiger partial charge in [0.25, 0.3) is 15.9 Å². The fraction of sp³-hybridized carbons (Fsp3) is 0.0952. The molecule has 0 spiro atoms. The minimum absolute atomic E-state index is 0.0786. The summed E-state index contributed by atoms with van der Waals surface area (Å²) in [6, 6.07) is 17.9. The van der Waals surface area contributed by atoms with Crippen molar-refractivity contribution in [3.05, 3.63) is 93.5 Å². The molecule has 0 saturated carbocycles. The highest BCUT2D eigenvalue weighted by atomic mass is 35.5. The molecular weight excluding hydrogens is 431 g/mol. The van der Waals surface area contributed by atoms with E-state index in [1.807, 2.05) is 18.2 Å². The first-order valence-electron chi connectivity index (χ1n) is 8.67. The molecule has 0 unspecified atom stereocenters. The second-order valence-electron chi connectivity index (χ2n) is 6.36. The second-order valence-corrected chi connectivity index (χ2v) is 8.89. The average molecular weight is 449 g/mol. The summed E-state index contributed by atoms with van der Waals surface area (Å²) in [7, 11) is -3.81. The molecule has 150 valence electrons. The summed E-state index contributed by atoms with van der Waals surface area (Å²) >= 11 is 11.9. The van der Waals surface area contributed by atoms with Gasteiger partial charge < -0.3 is 5.32 Å². The van der Waals surface area contributed by atoms with Gasteiger partial charge in [0.2, 0.25) is 0 Å². The normalized spacial score (nSPS) is 11.1. The maximum Gasteiger partial charge on any atom is 0.261 e. The van der Waals surface area contributed by atoms with Crippen LogP contribution in [0.5, 0.6) is 0 Å². The number of nitrogens with one attached hydrogen (secondary N) is 2. The van der Waals surface area contributed by atoms with E-state index >= 15 is 0 Å². The van der Waals surface area contributed by atoms with E-state index in [-0.39, 0.29) is 17.3 Å². The summed E-state index contributed by atoms with van der Waals surface area (Å²) in [4.78, 5) is 12.6. The molecule has 0 aromatic heterocycles. The van der Waals surface area contributed by atoms with Crippen molar-refractivity contribution in [2.45, 2.75) is 18.4 Å². The van der Waals surface area contributed by atoms with Gasteiger partial charge in [0.15, 0.2) is 0 Å². The molecule has 0 atom stereocenters. The molecule has 0 saturated heterocycles. The number of anilines is 1. The highest BCUT2D eigenvalue weighted by molar-refractivity contribution is 7.92. The van der Waals surface area contributed by atoms with Crippen LogP contribution in [0.4, 0.5) is 5.69 Å². The molecule has 1 amide bonds. The van der Waals surface area contributed by atoms with Gasteiger partial charge in [0, 0.05) is 22.2 Å². The summed E-state index contributed by atoms with van der Waals surface area (Å²) in [5.74, 6) is -0.336. The van der Waals surface area contributed by atoms with E-state index in [0.29, 0.717) is 26.9 Å². The number of aryl methyl sites for hydroxylation is 1. The number of halogens is 2. The zero-order valence-electron chi connectivity index (χ0n) is 15.4. The number of benzene rings is 3. The third-order valence-electron chi connectivity index (χ3n) is 4.27. The molecule has 3 aromatic rings. The van der Waals surface area contributed by atoms with Gasteiger partial charge in [-0.25, -0.2) is 8.42 Å². The first-order valence-corrected chi connectivity index (χ1v) is 10.9. The molecule has 29 heavy (non-hydrogen) atoms. The molecule has 0 aliphatic rings. The number of hydrogen-bond acceptors (Lipinski definition) is 3. The van der Waals surface area contributed by atoms with Gasteiger partial charge >= 0.3 is 0 Å². The maximum absolute atomic E-state index is 12.6. The van der Waals surface area contributed by atoms with E-state index in [9.17, 15) is 13.2 Å². The SMILES string of the molecule is Cc1ccc(C(=O)NCc2ccccc2Cl)cc1NS(=O)(=O)c1ccc(Cl)cc1. The highest BCUT2D eigenvalue weighted by Crippen LogP contribution is 2.22. The molecule has 3 aromatic carbocycles. The number of hydrogen-bond donors (Lipinski definition) is 2. The van der Waals surface area contributed by atoms with Crippen molar-refractivity contribution in [3.63, 3.8) is 0 Å². The average Bonchev–Trinajstić information content (AvgIpc) is 2.69. The number of carbonyl (C=O) groups is 1. The number of carbonyl (C=O) groups excluding carboxylic acids is 1. The maximum atomic E-state index is 12.6. The number of amides is 1. The van der Waals surface area contributed by atoms with E-state index in [1.165, 1.54) is 30.3 Å². The first-order chi connectivity index (χ1) is 13.8. The van der Waals surface area contributed by atoms with Gasteiger partial charge in [-0.15, -0.1) is 0 Å². The van der Waals surface area contributed by atoms with Crippen LogP contribution in [0.3, 0.4) is 0 Å². The van der Waals surface area contributed by atoms with Crippen molar-refractivity contribution >= 4 is 44.8 Å². The zero-order chi connectivity index (χ0) is 21.0. The lowest BCUT2D eigenvalue weighted by molar-refractivity contribution is 0.0951. The quantitative estimate of drug-likeness (QED) is 0.554. The predicted octanol–water partition coefficient (Wildman–Crippen LogP) is 5.03. The van der Waals surface area contributed by atoms with Crippen LogP contribution in [0, 0.1) is 6.92 Å². The Bertz CT molecular complexity index is 1150. The molecule has 0 aliphatic carbocycles. The minimum atomic E-state index is -3.81. The molecule has 5 nitrogen and oxygen atoms in total. The molecule has 0 bridgehead atoms. The predicted molar refractivity (Wildman–Crippen MR) is 116 cm³/mol. The Morgan fingerprint density at radius 3 is 2.34 bits per heavy atom. The monoisotopic (exact) mass is 448 g/mol. The fourth-order valence-electron chi connectivity index (χ4n) is 2.61. The smallest absolute Gasteiger partial charge is 0.261 e. The first kappa shape index (κ1) is 21.2. The van der Waals surface area contributed by atoms with Crippen LogP contribution in [0.2, 0.25) is 10.0 Å². The van der Waals surface area contributed by atoms with E-state index in [2.05, 4.69) is 10.0 Å². The Morgan fingerprint density at radius 2 is 1.66 bits per heavy atom. The summed E-state index contributed by atoms with van der Waals surface area (Å²) in [6.45, 7) is 2.02. The molecule has 0 heterocycles. The zero-order valence-corrected chi connectivity index (χ0v) is 17.8. The lowest BCUT2D eigenvalue weighted by Gasteiger charge is -2.13. The minimum Gasteiger partial charge on any atom is -0.348 e. The molecule has 0 aliphatic heterocycles. The van der Waals surface area contributed by atoms with Gasteiger partial charge in [-0.05, 0) is 60.5 Å². The van der Waals surface area contributed by atoms with E-state index < -0.39 is 10.0 Å². The van der Waals surface area contributed by atoms with Crippen molar-refractivity contribution in [2.24, 2.45) is 0 Å². The lowest BCUT2D eigenvalue weighted by Crippen LogP contribution is -2.23. The van der Waals surface area contributed by atoms with Crippen LogP contribution in [0.15, 0.2) is 71.6 Å². The van der Waals surface area contributed by atoms with Gasteiger partial charge in [0.05, 0.1) is 10.6 Å². The lowest BCUT2D eigenvalue weighted by atomic mass is 10.1. The molecule has 3 rings (SSSR count). The van der Waals surface area contributed by atoms with E-state index in [1.54, 1.807) is 25.1 Å². The molecule has 8 heteroatoms. The number of rotatable bonds is 6. The third kappa shape index (κ3) is 5.29.